The lowest BCUT2D eigenvalue weighted by Gasteiger charge is -2.33. The molecule has 2 atom stereocenters. The number of ether oxygens (including phenoxy) is 1. The van der Waals surface area contributed by atoms with Gasteiger partial charge in [-0.15, -0.1) is 0 Å². The van der Waals surface area contributed by atoms with Gasteiger partial charge in [-0.2, -0.15) is 0 Å². The molecule has 26 heavy (non-hydrogen) atoms. The Morgan fingerprint density at radius 1 is 1.27 bits per heavy atom. The SMILES string of the molecule is CCOC(=O)C12c3ccccc3C(=O)N1c1cc(F)ccc1C2C(=O)O. The number of hydrogen-bond acceptors (Lipinski definition) is 4. The summed E-state index contributed by atoms with van der Waals surface area (Å²) in [4.78, 5) is 39.3. The van der Waals surface area contributed by atoms with Crippen LogP contribution in [0.4, 0.5) is 10.1 Å². The summed E-state index contributed by atoms with van der Waals surface area (Å²) < 4.78 is 19.1. The molecule has 7 heteroatoms. The summed E-state index contributed by atoms with van der Waals surface area (Å²) in [6, 6.07) is 9.82. The highest BCUT2D eigenvalue weighted by Gasteiger charge is 2.68. The smallest absolute Gasteiger partial charge is 0.338 e. The third-order valence-corrected chi connectivity index (χ3v) is 4.92. The van der Waals surface area contributed by atoms with Crippen LogP contribution in [-0.2, 0) is 19.9 Å². The molecule has 2 unspecified atom stereocenters. The first-order chi connectivity index (χ1) is 12.4. The molecule has 4 rings (SSSR count). The van der Waals surface area contributed by atoms with Gasteiger partial charge in [-0.25, -0.2) is 9.18 Å². The number of amides is 1. The molecule has 2 aliphatic heterocycles. The van der Waals surface area contributed by atoms with Crippen LogP contribution in [0.1, 0.15) is 34.3 Å². The fourth-order valence-corrected chi connectivity index (χ4v) is 4.04. The minimum absolute atomic E-state index is 0.0157. The summed E-state index contributed by atoms with van der Waals surface area (Å²) in [5, 5.41) is 9.93. The number of anilines is 1. The molecule has 0 saturated heterocycles. The average Bonchev–Trinajstić information content (AvgIpc) is 3.05. The van der Waals surface area contributed by atoms with Crippen molar-refractivity contribution in [2.75, 3.05) is 11.5 Å². The molecule has 0 spiro atoms. The molecule has 1 N–H and O–H groups in total. The topological polar surface area (TPSA) is 83.9 Å². The monoisotopic (exact) mass is 355 g/mol. The minimum atomic E-state index is -1.88. The quantitative estimate of drug-likeness (QED) is 0.855. The minimum Gasteiger partial charge on any atom is -0.481 e. The van der Waals surface area contributed by atoms with Crippen LogP contribution in [0.5, 0.6) is 0 Å². The van der Waals surface area contributed by atoms with Crippen LogP contribution in [0.15, 0.2) is 42.5 Å². The van der Waals surface area contributed by atoms with Gasteiger partial charge in [0.05, 0.1) is 12.3 Å². The number of rotatable bonds is 3. The van der Waals surface area contributed by atoms with Crippen molar-refractivity contribution in [1.82, 2.24) is 0 Å². The Morgan fingerprint density at radius 2 is 2.00 bits per heavy atom. The van der Waals surface area contributed by atoms with Crippen LogP contribution >= 0.6 is 0 Å². The highest BCUT2D eigenvalue weighted by molar-refractivity contribution is 6.21. The molecule has 2 aromatic rings. The lowest BCUT2D eigenvalue weighted by molar-refractivity contribution is -0.155. The average molecular weight is 355 g/mol. The van der Waals surface area contributed by atoms with Crippen molar-refractivity contribution >= 4 is 23.5 Å². The van der Waals surface area contributed by atoms with E-state index in [1.165, 1.54) is 12.1 Å². The second-order valence-electron chi connectivity index (χ2n) is 6.15. The van der Waals surface area contributed by atoms with Crippen LogP contribution in [0, 0.1) is 5.82 Å². The highest BCUT2D eigenvalue weighted by Crippen LogP contribution is 2.58. The van der Waals surface area contributed by atoms with Crippen molar-refractivity contribution < 1.29 is 28.6 Å². The fourth-order valence-electron chi connectivity index (χ4n) is 4.04. The Morgan fingerprint density at radius 3 is 2.69 bits per heavy atom. The molecule has 2 aromatic carbocycles. The zero-order valence-electron chi connectivity index (χ0n) is 13.7. The molecule has 2 heterocycles. The number of carboxylic acids is 1. The normalized spacial score (nSPS) is 22.6. The van der Waals surface area contributed by atoms with Gasteiger partial charge in [-0.05, 0) is 30.7 Å². The Kier molecular flexibility index (Phi) is 3.37. The van der Waals surface area contributed by atoms with Crippen LogP contribution in [0.25, 0.3) is 0 Å². The van der Waals surface area contributed by atoms with Crippen LogP contribution < -0.4 is 4.90 Å². The zero-order chi connectivity index (χ0) is 18.6. The molecular formula is C19H14FNO5. The van der Waals surface area contributed by atoms with Crippen molar-refractivity contribution in [1.29, 1.82) is 0 Å². The number of aliphatic carboxylic acids is 1. The van der Waals surface area contributed by atoms with Gasteiger partial charge < -0.3 is 9.84 Å². The van der Waals surface area contributed by atoms with E-state index in [0.29, 0.717) is 0 Å². The molecular weight excluding hydrogens is 341 g/mol. The van der Waals surface area contributed by atoms with Gasteiger partial charge >= 0.3 is 11.9 Å². The van der Waals surface area contributed by atoms with Crippen molar-refractivity contribution in [3.63, 3.8) is 0 Å². The number of carbonyl (C=O) groups excluding carboxylic acids is 2. The number of benzene rings is 2. The Bertz CT molecular complexity index is 972. The zero-order valence-corrected chi connectivity index (χ0v) is 13.7. The Hall–Kier alpha value is -3.22. The summed E-state index contributed by atoms with van der Waals surface area (Å²) >= 11 is 0. The molecule has 6 nitrogen and oxygen atoms in total. The first-order valence-corrected chi connectivity index (χ1v) is 8.08. The van der Waals surface area contributed by atoms with Gasteiger partial charge in [0.1, 0.15) is 11.7 Å². The van der Waals surface area contributed by atoms with Gasteiger partial charge in [-0.3, -0.25) is 14.5 Å². The van der Waals surface area contributed by atoms with E-state index in [4.69, 9.17) is 4.74 Å². The summed E-state index contributed by atoms with van der Waals surface area (Å²) in [5.41, 5.74) is -1.14. The second kappa shape index (κ2) is 5.39. The van der Waals surface area contributed by atoms with Gasteiger partial charge in [0, 0.05) is 11.1 Å². The van der Waals surface area contributed by atoms with E-state index in [9.17, 15) is 23.9 Å². The number of hydrogen-bond donors (Lipinski definition) is 1. The first-order valence-electron chi connectivity index (χ1n) is 8.08. The Balaban J connectivity index is 2.11. The standard InChI is InChI=1S/C19H14FNO5/c1-2-26-18(25)19-13-6-4-3-5-11(13)16(22)21(19)14-9-10(20)7-8-12(14)15(19)17(23)24/h3-9,15H,2H2,1H3,(H,23,24). The van der Waals surface area contributed by atoms with Crippen molar-refractivity contribution in [2.24, 2.45) is 0 Å². The van der Waals surface area contributed by atoms with E-state index in [-0.39, 0.29) is 29.0 Å². The second-order valence-corrected chi connectivity index (χ2v) is 6.15. The van der Waals surface area contributed by atoms with E-state index in [1.54, 1.807) is 25.1 Å². The maximum absolute atomic E-state index is 13.9. The van der Waals surface area contributed by atoms with Crippen LogP contribution in [0.3, 0.4) is 0 Å². The maximum Gasteiger partial charge on any atom is 0.338 e. The largest absolute Gasteiger partial charge is 0.481 e. The van der Waals surface area contributed by atoms with Gasteiger partial charge in [-0.1, -0.05) is 24.3 Å². The number of nitrogens with zero attached hydrogens (tertiary/aromatic N) is 1. The third-order valence-electron chi connectivity index (χ3n) is 4.92. The lowest BCUT2D eigenvalue weighted by Crippen LogP contribution is -2.52. The molecule has 0 bridgehead atoms. The molecule has 132 valence electrons. The van der Waals surface area contributed by atoms with Gasteiger partial charge in [0.2, 0.25) is 0 Å². The van der Waals surface area contributed by atoms with E-state index in [1.807, 2.05) is 0 Å². The Labute approximate surface area is 147 Å². The fraction of sp³-hybridized carbons (Fsp3) is 0.211. The number of halogens is 1. The number of fused-ring (bicyclic) bond motifs is 5. The molecule has 0 saturated carbocycles. The number of esters is 1. The van der Waals surface area contributed by atoms with Gasteiger partial charge in [0.15, 0.2) is 5.54 Å². The van der Waals surface area contributed by atoms with Crippen molar-refractivity contribution in [3.05, 3.63) is 65.0 Å². The van der Waals surface area contributed by atoms with Crippen LogP contribution in [0.2, 0.25) is 0 Å². The van der Waals surface area contributed by atoms with E-state index in [2.05, 4.69) is 0 Å². The number of carboxylic acid groups (broad SMARTS) is 1. The van der Waals surface area contributed by atoms with E-state index >= 15 is 0 Å². The molecule has 2 aliphatic rings. The third kappa shape index (κ3) is 1.77. The van der Waals surface area contributed by atoms with E-state index in [0.717, 1.165) is 17.0 Å². The molecule has 0 aliphatic carbocycles. The summed E-state index contributed by atoms with van der Waals surface area (Å²) in [5.74, 6) is -4.72. The summed E-state index contributed by atoms with van der Waals surface area (Å²) in [7, 11) is 0. The molecule has 0 fully saturated rings. The summed E-state index contributed by atoms with van der Waals surface area (Å²) in [6.45, 7) is 1.61. The lowest BCUT2D eigenvalue weighted by atomic mass is 9.77. The molecule has 0 radical (unpaired) electrons. The van der Waals surface area contributed by atoms with Gasteiger partial charge in [0.25, 0.3) is 5.91 Å². The maximum atomic E-state index is 13.9. The first kappa shape index (κ1) is 16.3. The predicted octanol–water partition coefficient (Wildman–Crippen LogP) is 2.43. The number of carbonyl (C=O) groups is 3. The molecule has 0 aromatic heterocycles. The predicted molar refractivity (Wildman–Crippen MR) is 88.3 cm³/mol. The summed E-state index contributed by atoms with van der Waals surface area (Å²) in [6.07, 6.45) is 0. The van der Waals surface area contributed by atoms with Crippen LogP contribution in [-0.4, -0.2) is 29.6 Å². The van der Waals surface area contributed by atoms with Crippen molar-refractivity contribution in [3.8, 4) is 0 Å². The highest BCUT2D eigenvalue weighted by atomic mass is 19.1. The molecule has 1 amide bonds. The van der Waals surface area contributed by atoms with E-state index < -0.39 is 35.1 Å². The van der Waals surface area contributed by atoms with Crippen molar-refractivity contribution in [2.45, 2.75) is 18.4 Å².